The van der Waals surface area contributed by atoms with Crippen LogP contribution in [0.4, 0.5) is 11.4 Å². The van der Waals surface area contributed by atoms with Crippen LogP contribution in [0.1, 0.15) is 78.4 Å². The quantitative estimate of drug-likeness (QED) is 0.166. The Morgan fingerprint density at radius 2 is 0.865 bits per heavy atom. The molecule has 6 nitrogen and oxygen atoms in total. The van der Waals surface area contributed by atoms with Crippen LogP contribution in [0, 0.1) is 0 Å². The molecule has 0 aliphatic carbocycles. The molecule has 0 unspecified atom stereocenters. The van der Waals surface area contributed by atoms with Gasteiger partial charge in [0.2, 0.25) is 21.7 Å². The second kappa shape index (κ2) is 13.3. The Labute approximate surface area is 304 Å². The number of hydrogen-bond acceptors (Lipinski definition) is 6. The van der Waals surface area contributed by atoms with Gasteiger partial charge in [-0.1, -0.05) is 115 Å². The van der Waals surface area contributed by atoms with E-state index in [2.05, 4.69) is 99.9 Å². The molecular weight excluding hydrogens is 645 g/mol. The number of nitrogens with zero attached hydrogens (tertiary/aromatic N) is 2. The molecule has 5 aromatic carbocycles. The Hall–Kier alpha value is -5.36. The molecule has 0 saturated heterocycles. The molecule has 0 fully saturated rings. The molecule has 2 aliphatic heterocycles. The minimum Gasteiger partial charge on any atom is -0.344 e. The molecule has 5 aromatic rings. The Morgan fingerprint density at radius 3 is 1.23 bits per heavy atom. The van der Waals surface area contributed by atoms with Gasteiger partial charge in [0.15, 0.2) is 0 Å². The Kier molecular flexibility index (Phi) is 8.98. The predicted molar refractivity (Wildman–Crippen MR) is 217 cm³/mol. The summed E-state index contributed by atoms with van der Waals surface area (Å²) in [5.41, 5.74) is 1.62. The van der Waals surface area contributed by atoms with Gasteiger partial charge in [-0.25, -0.2) is 0 Å². The van der Waals surface area contributed by atoms with Crippen molar-refractivity contribution in [1.82, 2.24) is 0 Å². The topological polar surface area (TPSA) is 74.8 Å². The summed E-state index contributed by atoms with van der Waals surface area (Å²) in [7, 11) is 0. The summed E-state index contributed by atoms with van der Waals surface area (Å²) in [6, 6.07) is 25.1. The van der Waals surface area contributed by atoms with Crippen LogP contribution in [0.25, 0.3) is 33.7 Å². The average Bonchev–Trinajstić information content (AvgIpc) is 3.50. The number of fused-ring (bicyclic) bond motifs is 6. The van der Waals surface area contributed by atoms with Gasteiger partial charge in [-0.3, -0.25) is 19.2 Å². The summed E-state index contributed by atoms with van der Waals surface area (Å²) < 4.78 is 0. The summed E-state index contributed by atoms with van der Waals surface area (Å²) in [5.74, 6) is 0. The van der Waals surface area contributed by atoms with Crippen molar-refractivity contribution in [3.8, 4) is 0 Å². The maximum Gasteiger partial charge on any atom is 0.237 e. The summed E-state index contributed by atoms with van der Waals surface area (Å²) >= 11 is 0. The Morgan fingerprint density at radius 1 is 0.500 bits per heavy atom. The molecule has 0 bridgehead atoms. The third kappa shape index (κ3) is 5.47. The fraction of sp³-hybridized carbons (Fsp3) is 0.304. The first-order chi connectivity index (χ1) is 24.9. The minimum atomic E-state index is -0.951. The highest BCUT2D eigenvalue weighted by Gasteiger charge is 2.42. The smallest absolute Gasteiger partial charge is 0.237 e. The van der Waals surface area contributed by atoms with E-state index in [0.717, 1.165) is 83.1 Å². The SMILES string of the molecule is CCCCN1/C(=C/C=c2c(=O)c(=O)c(=C/C=C3/N(CCCC)c4ccc5ccccc5c4C3(C)C)c(=O)c2=O)C(C)(C)c2c1ccc1ccccc21. The van der Waals surface area contributed by atoms with Gasteiger partial charge >= 0.3 is 0 Å². The number of unbranched alkanes of at least 4 members (excludes halogenated alkanes) is 2. The molecule has 0 aromatic heterocycles. The third-order valence-corrected chi connectivity index (χ3v) is 11.2. The maximum atomic E-state index is 13.7. The van der Waals surface area contributed by atoms with E-state index in [1.54, 1.807) is 12.2 Å². The van der Waals surface area contributed by atoms with Crippen LogP contribution in [0.2, 0.25) is 0 Å². The molecule has 264 valence electrons. The molecule has 0 N–H and O–H groups in total. The first-order valence-corrected chi connectivity index (χ1v) is 18.6. The van der Waals surface area contributed by atoms with Gasteiger partial charge in [0.1, 0.15) is 0 Å². The van der Waals surface area contributed by atoms with Gasteiger partial charge in [0.25, 0.3) is 0 Å². The highest BCUT2D eigenvalue weighted by molar-refractivity contribution is 5.96. The van der Waals surface area contributed by atoms with E-state index in [4.69, 9.17) is 0 Å². The van der Waals surface area contributed by atoms with Gasteiger partial charge in [-0.05, 0) is 82.0 Å². The second-order valence-electron chi connectivity index (χ2n) is 15.2. The predicted octanol–water partition coefficient (Wildman–Crippen LogP) is 6.83. The van der Waals surface area contributed by atoms with Crippen LogP contribution in [0.15, 0.2) is 116 Å². The van der Waals surface area contributed by atoms with Crippen molar-refractivity contribution < 1.29 is 0 Å². The summed E-state index contributed by atoms with van der Waals surface area (Å²) in [6.45, 7) is 14.3. The zero-order valence-electron chi connectivity index (χ0n) is 31.0. The zero-order valence-corrected chi connectivity index (χ0v) is 31.0. The molecule has 0 spiro atoms. The molecule has 0 saturated carbocycles. The van der Waals surface area contributed by atoms with Crippen molar-refractivity contribution in [2.45, 2.75) is 78.1 Å². The molecule has 2 aliphatic rings. The largest absolute Gasteiger partial charge is 0.344 e. The number of allylic oxidation sites excluding steroid dienone is 4. The lowest BCUT2D eigenvalue weighted by atomic mass is 9.81. The highest BCUT2D eigenvalue weighted by Crippen LogP contribution is 2.52. The van der Waals surface area contributed by atoms with Crippen LogP contribution < -0.4 is 42.0 Å². The van der Waals surface area contributed by atoms with Crippen molar-refractivity contribution >= 4 is 45.1 Å². The van der Waals surface area contributed by atoms with Gasteiger partial charge in [-0.15, -0.1) is 0 Å². The fourth-order valence-corrected chi connectivity index (χ4v) is 8.51. The molecular formula is C46H46N2O4. The van der Waals surface area contributed by atoms with Crippen molar-refractivity contribution in [2.75, 3.05) is 22.9 Å². The van der Waals surface area contributed by atoms with E-state index < -0.39 is 32.5 Å². The van der Waals surface area contributed by atoms with Crippen molar-refractivity contribution in [3.63, 3.8) is 0 Å². The minimum absolute atomic E-state index is 0.385. The number of rotatable bonds is 8. The highest BCUT2D eigenvalue weighted by atomic mass is 16.2. The van der Waals surface area contributed by atoms with Crippen molar-refractivity contribution in [3.05, 3.63) is 159 Å². The third-order valence-electron chi connectivity index (χ3n) is 11.2. The van der Waals surface area contributed by atoms with E-state index in [-0.39, 0.29) is 10.4 Å². The summed E-state index contributed by atoms with van der Waals surface area (Å²) in [5, 5.41) is 3.81. The molecule has 2 heterocycles. The lowest BCUT2D eigenvalue weighted by molar-refractivity contribution is 0.628. The molecule has 0 amide bonds. The normalized spacial score (nSPS) is 17.3. The Bertz CT molecular complexity index is 2420. The maximum absolute atomic E-state index is 13.7. The molecule has 52 heavy (non-hydrogen) atoms. The van der Waals surface area contributed by atoms with E-state index in [9.17, 15) is 19.2 Å². The standard InChI is InChI=1S/C46H46N2O4/c1-7-9-27-47-35-23-19-29-15-11-13-17-31(29)39(35)45(3,4)37(47)25-21-33-41(49)43(51)34(44(52)42(33)50)22-26-38-46(5,6)40-32-18-14-12-16-30(32)20-24-36(40)48(38)28-10-8-2/h11-26H,7-10,27-28H2,1-6H3/b33-21?,34-22?,37-25+,38-26+. The first-order valence-electron chi connectivity index (χ1n) is 18.6. The van der Waals surface area contributed by atoms with Gasteiger partial charge in [0, 0.05) is 46.7 Å². The van der Waals surface area contributed by atoms with E-state index in [0.29, 0.717) is 0 Å². The number of hydrogen-bond donors (Lipinski definition) is 0. The van der Waals surface area contributed by atoms with E-state index >= 15 is 0 Å². The van der Waals surface area contributed by atoms with Crippen LogP contribution >= 0.6 is 0 Å². The van der Waals surface area contributed by atoms with Gasteiger partial charge in [0.05, 0.1) is 10.4 Å². The summed E-state index contributed by atoms with van der Waals surface area (Å²) in [4.78, 5) is 59.1. The van der Waals surface area contributed by atoms with Crippen LogP contribution in [0.5, 0.6) is 0 Å². The van der Waals surface area contributed by atoms with Crippen LogP contribution in [0.3, 0.4) is 0 Å². The Balaban J connectivity index is 1.36. The molecule has 0 radical (unpaired) electrons. The van der Waals surface area contributed by atoms with Crippen molar-refractivity contribution in [2.24, 2.45) is 0 Å². The van der Waals surface area contributed by atoms with E-state index in [1.807, 2.05) is 24.3 Å². The molecule has 7 rings (SSSR count). The molecule has 0 atom stereocenters. The van der Waals surface area contributed by atoms with Gasteiger partial charge in [-0.2, -0.15) is 0 Å². The van der Waals surface area contributed by atoms with Crippen LogP contribution in [-0.4, -0.2) is 13.1 Å². The molecule has 6 heteroatoms. The zero-order chi connectivity index (χ0) is 36.9. The van der Waals surface area contributed by atoms with Gasteiger partial charge < -0.3 is 9.80 Å². The second-order valence-corrected chi connectivity index (χ2v) is 15.2. The van der Waals surface area contributed by atoms with Crippen LogP contribution in [-0.2, 0) is 10.8 Å². The lowest BCUT2D eigenvalue weighted by Crippen LogP contribution is -2.64. The monoisotopic (exact) mass is 690 g/mol. The first kappa shape index (κ1) is 35.1. The van der Waals surface area contributed by atoms with Crippen molar-refractivity contribution in [1.29, 1.82) is 0 Å². The van der Waals surface area contributed by atoms with E-state index in [1.165, 1.54) is 23.3 Å². The number of benzene rings is 5. The lowest BCUT2D eigenvalue weighted by Gasteiger charge is -2.27. The fourth-order valence-electron chi connectivity index (χ4n) is 8.51. The summed E-state index contributed by atoms with van der Waals surface area (Å²) in [6.07, 6.45) is 10.2. The average molecular weight is 691 g/mol. The number of anilines is 2.